The van der Waals surface area contributed by atoms with Crippen LogP contribution in [0.4, 0.5) is 11.5 Å². The molecule has 0 aliphatic carbocycles. The summed E-state index contributed by atoms with van der Waals surface area (Å²) in [5.41, 5.74) is 1.25. The van der Waals surface area contributed by atoms with Crippen LogP contribution in [0.1, 0.15) is 27.7 Å². The first kappa shape index (κ1) is 12.8. The van der Waals surface area contributed by atoms with Gasteiger partial charge in [-0.1, -0.05) is 13.8 Å². The Labute approximate surface area is 98.9 Å². The fourth-order valence-electron chi connectivity index (χ4n) is 1.75. The lowest BCUT2D eigenvalue weighted by Crippen LogP contribution is -2.27. The largest absolute Gasteiger partial charge is 0.371 e. The third kappa shape index (κ3) is 3.72. The van der Waals surface area contributed by atoms with Crippen molar-refractivity contribution in [3.05, 3.63) is 18.3 Å². The van der Waals surface area contributed by atoms with Crippen LogP contribution >= 0.6 is 0 Å². The van der Waals surface area contributed by atoms with Crippen molar-refractivity contribution in [1.29, 1.82) is 0 Å². The van der Waals surface area contributed by atoms with Gasteiger partial charge in [0, 0.05) is 37.6 Å². The van der Waals surface area contributed by atoms with Gasteiger partial charge in [-0.3, -0.25) is 0 Å². The minimum atomic E-state index is 0.677. The molecule has 3 nitrogen and oxygen atoms in total. The summed E-state index contributed by atoms with van der Waals surface area (Å²) in [6.45, 7) is 11.8. The molecule has 0 amide bonds. The molecule has 1 aromatic heterocycles. The van der Waals surface area contributed by atoms with Crippen LogP contribution in [-0.2, 0) is 0 Å². The molecule has 3 heteroatoms. The molecule has 0 bridgehead atoms. The molecule has 0 fully saturated rings. The van der Waals surface area contributed by atoms with Crippen molar-refractivity contribution in [2.24, 2.45) is 5.92 Å². The predicted molar refractivity (Wildman–Crippen MR) is 71.1 cm³/mol. The quantitative estimate of drug-likeness (QED) is 0.800. The fourth-order valence-corrected chi connectivity index (χ4v) is 1.75. The highest BCUT2D eigenvalue weighted by Gasteiger charge is 2.07. The fraction of sp³-hybridized carbons (Fsp3) is 0.615. The van der Waals surface area contributed by atoms with E-state index < -0.39 is 0 Å². The van der Waals surface area contributed by atoms with E-state index in [4.69, 9.17) is 0 Å². The molecule has 1 heterocycles. The van der Waals surface area contributed by atoms with Crippen molar-refractivity contribution in [2.45, 2.75) is 27.7 Å². The first-order valence-electron chi connectivity index (χ1n) is 6.12. The number of anilines is 2. The highest BCUT2D eigenvalue weighted by atomic mass is 15.1. The maximum absolute atomic E-state index is 4.29. The van der Waals surface area contributed by atoms with E-state index in [1.54, 1.807) is 0 Å². The Morgan fingerprint density at radius 2 is 2.12 bits per heavy atom. The van der Waals surface area contributed by atoms with E-state index in [2.05, 4.69) is 55.0 Å². The van der Waals surface area contributed by atoms with Gasteiger partial charge in [-0.15, -0.1) is 0 Å². The number of hydrogen-bond acceptors (Lipinski definition) is 3. The van der Waals surface area contributed by atoms with Gasteiger partial charge in [0.25, 0.3) is 0 Å². The van der Waals surface area contributed by atoms with E-state index in [-0.39, 0.29) is 0 Å². The third-order valence-electron chi connectivity index (χ3n) is 2.43. The molecule has 0 saturated carbocycles. The first-order chi connectivity index (χ1) is 7.67. The van der Waals surface area contributed by atoms with Crippen LogP contribution in [0.5, 0.6) is 0 Å². The molecular weight excluding hydrogens is 198 g/mol. The zero-order valence-electron chi connectivity index (χ0n) is 10.8. The summed E-state index contributed by atoms with van der Waals surface area (Å²) >= 11 is 0. The first-order valence-corrected chi connectivity index (χ1v) is 6.12. The van der Waals surface area contributed by atoms with Crippen LogP contribution in [0.2, 0.25) is 0 Å². The molecule has 0 atom stereocenters. The van der Waals surface area contributed by atoms with Crippen molar-refractivity contribution in [3.8, 4) is 0 Å². The summed E-state index contributed by atoms with van der Waals surface area (Å²) in [6, 6.07) is 4.20. The van der Waals surface area contributed by atoms with Crippen molar-refractivity contribution >= 4 is 11.5 Å². The zero-order valence-corrected chi connectivity index (χ0v) is 10.8. The topological polar surface area (TPSA) is 28.2 Å². The molecule has 1 N–H and O–H groups in total. The maximum Gasteiger partial charge on any atom is 0.127 e. The van der Waals surface area contributed by atoms with E-state index in [0.29, 0.717) is 5.92 Å². The van der Waals surface area contributed by atoms with E-state index in [0.717, 1.165) is 25.5 Å². The zero-order chi connectivity index (χ0) is 12.0. The highest BCUT2D eigenvalue weighted by molar-refractivity contribution is 5.53. The summed E-state index contributed by atoms with van der Waals surface area (Å²) in [7, 11) is 0. The summed E-state index contributed by atoms with van der Waals surface area (Å²) < 4.78 is 0. The molecule has 1 aromatic rings. The van der Waals surface area contributed by atoms with Gasteiger partial charge >= 0.3 is 0 Å². The van der Waals surface area contributed by atoms with Gasteiger partial charge in [0.2, 0.25) is 0 Å². The Hall–Kier alpha value is -1.25. The summed E-state index contributed by atoms with van der Waals surface area (Å²) in [5.74, 6) is 1.64. The third-order valence-corrected chi connectivity index (χ3v) is 2.43. The lowest BCUT2D eigenvalue weighted by molar-refractivity contribution is 0.618. The highest BCUT2D eigenvalue weighted by Crippen LogP contribution is 2.18. The normalized spacial score (nSPS) is 10.6. The summed E-state index contributed by atoms with van der Waals surface area (Å²) in [6.07, 6.45) is 1.87. The average molecular weight is 221 g/mol. The Balaban J connectivity index is 2.79. The minimum absolute atomic E-state index is 0.677. The molecule has 90 valence electrons. The maximum atomic E-state index is 4.29. The Morgan fingerprint density at radius 3 is 2.69 bits per heavy atom. The standard InChI is InChI=1S/C13H23N3/c1-5-14-13-9-12(7-8-15-13)16(6-2)10-11(3)4/h7-9,11H,5-6,10H2,1-4H3,(H,14,15). The molecular formula is C13H23N3. The Morgan fingerprint density at radius 1 is 1.38 bits per heavy atom. The molecule has 0 saturated heterocycles. The van der Waals surface area contributed by atoms with Crippen LogP contribution in [0.15, 0.2) is 18.3 Å². The summed E-state index contributed by atoms with van der Waals surface area (Å²) in [4.78, 5) is 6.67. The average Bonchev–Trinajstić information content (AvgIpc) is 2.26. The molecule has 0 aliphatic heterocycles. The van der Waals surface area contributed by atoms with Crippen molar-refractivity contribution in [3.63, 3.8) is 0 Å². The van der Waals surface area contributed by atoms with E-state index in [9.17, 15) is 0 Å². The van der Waals surface area contributed by atoms with E-state index in [1.807, 2.05) is 6.20 Å². The van der Waals surface area contributed by atoms with Gasteiger partial charge in [0.1, 0.15) is 5.82 Å². The molecule has 0 radical (unpaired) electrons. The number of hydrogen-bond donors (Lipinski definition) is 1. The molecule has 1 rings (SSSR count). The second-order valence-electron chi connectivity index (χ2n) is 4.36. The number of aromatic nitrogens is 1. The van der Waals surface area contributed by atoms with Crippen molar-refractivity contribution in [2.75, 3.05) is 29.9 Å². The number of pyridine rings is 1. The van der Waals surface area contributed by atoms with Crippen LogP contribution in [-0.4, -0.2) is 24.6 Å². The van der Waals surface area contributed by atoms with Gasteiger partial charge in [0.15, 0.2) is 0 Å². The molecule has 0 aliphatic rings. The van der Waals surface area contributed by atoms with Crippen LogP contribution < -0.4 is 10.2 Å². The monoisotopic (exact) mass is 221 g/mol. The number of nitrogens with zero attached hydrogens (tertiary/aromatic N) is 2. The van der Waals surface area contributed by atoms with Crippen LogP contribution in [0.25, 0.3) is 0 Å². The number of nitrogens with one attached hydrogen (secondary N) is 1. The Kier molecular flexibility index (Phi) is 5.09. The molecule has 0 unspecified atom stereocenters. The van der Waals surface area contributed by atoms with Crippen LogP contribution in [0, 0.1) is 5.92 Å². The molecule has 0 aromatic carbocycles. The van der Waals surface area contributed by atoms with Gasteiger partial charge in [-0.25, -0.2) is 4.98 Å². The smallest absolute Gasteiger partial charge is 0.127 e. The lowest BCUT2D eigenvalue weighted by atomic mass is 10.2. The second-order valence-corrected chi connectivity index (χ2v) is 4.36. The van der Waals surface area contributed by atoms with Crippen molar-refractivity contribution in [1.82, 2.24) is 4.98 Å². The predicted octanol–water partition coefficient (Wildman–Crippen LogP) is 3.00. The second kappa shape index (κ2) is 6.36. The molecule has 16 heavy (non-hydrogen) atoms. The molecule has 0 spiro atoms. The van der Waals surface area contributed by atoms with Gasteiger partial charge in [0.05, 0.1) is 0 Å². The summed E-state index contributed by atoms with van der Waals surface area (Å²) in [5, 5.41) is 3.24. The van der Waals surface area contributed by atoms with Gasteiger partial charge in [-0.05, 0) is 25.8 Å². The van der Waals surface area contributed by atoms with E-state index in [1.165, 1.54) is 5.69 Å². The minimum Gasteiger partial charge on any atom is -0.371 e. The van der Waals surface area contributed by atoms with Crippen molar-refractivity contribution < 1.29 is 0 Å². The van der Waals surface area contributed by atoms with Crippen LogP contribution in [0.3, 0.4) is 0 Å². The van der Waals surface area contributed by atoms with Gasteiger partial charge in [-0.2, -0.15) is 0 Å². The van der Waals surface area contributed by atoms with Gasteiger partial charge < -0.3 is 10.2 Å². The Bertz CT molecular complexity index is 310. The number of rotatable bonds is 6. The SMILES string of the molecule is CCNc1cc(N(CC)CC(C)C)ccn1. The van der Waals surface area contributed by atoms with E-state index >= 15 is 0 Å². The lowest BCUT2D eigenvalue weighted by Gasteiger charge is -2.25.